The summed E-state index contributed by atoms with van der Waals surface area (Å²) < 4.78 is 14.2. The first-order valence-corrected chi connectivity index (χ1v) is 11.6. The molecule has 0 fully saturated rings. The molecule has 0 saturated heterocycles. The van der Waals surface area contributed by atoms with Crippen LogP contribution in [0.5, 0.6) is 0 Å². The molecule has 2 amide bonds. The predicted molar refractivity (Wildman–Crippen MR) is 128 cm³/mol. The first-order chi connectivity index (χ1) is 16.3. The number of carboxylic acid groups (broad SMARTS) is 1. The minimum absolute atomic E-state index is 0.0251. The number of carbonyl (C=O) groups is 3. The van der Waals surface area contributed by atoms with E-state index < -0.39 is 23.7 Å². The number of aromatic nitrogens is 2. The third kappa shape index (κ3) is 6.22. The van der Waals surface area contributed by atoms with Crippen molar-refractivity contribution in [3.63, 3.8) is 0 Å². The van der Waals surface area contributed by atoms with Gasteiger partial charge in [-0.15, -0.1) is 10.2 Å². The van der Waals surface area contributed by atoms with E-state index in [2.05, 4.69) is 15.5 Å². The summed E-state index contributed by atoms with van der Waals surface area (Å²) in [5, 5.41) is 20.7. The summed E-state index contributed by atoms with van der Waals surface area (Å²) in [7, 11) is 0. The van der Waals surface area contributed by atoms with Crippen LogP contribution in [0.25, 0.3) is 10.6 Å². The molecule has 3 rings (SSSR count). The minimum atomic E-state index is -0.989. The Hall–Kier alpha value is -3.66. The van der Waals surface area contributed by atoms with Gasteiger partial charge in [0.15, 0.2) is 0 Å². The van der Waals surface area contributed by atoms with Gasteiger partial charge in [-0.1, -0.05) is 48.9 Å². The number of hydrogen-bond donors (Lipinski definition) is 2. The first kappa shape index (κ1) is 25.0. The topological polar surface area (TPSA) is 112 Å². The van der Waals surface area contributed by atoms with E-state index in [9.17, 15) is 18.8 Å². The molecule has 10 heteroatoms. The molecule has 1 heterocycles. The van der Waals surface area contributed by atoms with Crippen molar-refractivity contribution in [3.05, 3.63) is 65.5 Å². The largest absolute Gasteiger partial charge is 0.481 e. The Morgan fingerprint density at radius 3 is 2.47 bits per heavy atom. The van der Waals surface area contributed by atoms with Gasteiger partial charge in [0.1, 0.15) is 10.8 Å². The normalized spacial score (nSPS) is 11.6. The average Bonchev–Trinajstić information content (AvgIpc) is 3.29. The number of amides is 2. The fourth-order valence-corrected chi connectivity index (χ4v) is 4.08. The highest BCUT2D eigenvalue weighted by molar-refractivity contribution is 7.18. The molecule has 2 aromatic carbocycles. The van der Waals surface area contributed by atoms with E-state index in [1.54, 1.807) is 37.3 Å². The maximum Gasteiger partial charge on any atom is 0.305 e. The summed E-state index contributed by atoms with van der Waals surface area (Å²) >= 11 is 1.20. The molecular weight excluding hydrogens is 459 g/mol. The summed E-state index contributed by atoms with van der Waals surface area (Å²) in [5.74, 6) is -2.43. The summed E-state index contributed by atoms with van der Waals surface area (Å²) in [6.45, 7) is 4.00. The Balaban J connectivity index is 1.78. The van der Waals surface area contributed by atoms with Crippen LogP contribution in [0.2, 0.25) is 0 Å². The molecule has 0 aliphatic rings. The molecule has 0 saturated carbocycles. The van der Waals surface area contributed by atoms with Crippen LogP contribution >= 0.6 is 11.3 Å². The van der Waals surface area contributed by atoms with E-state index in [0.29, 0.717) is 27.8 Å². The van der Waals surface area contributed by atoms with Crippen LogP contribution in [0.1, 0.15) is 53.8 Å². The number of aliphatic carboxylic acids is 1. The molecule has 8 nitrogen and oxygen atoms in total. The molecule has 1 aromatic heterocycles. The zero-order valence-electron chi connectivity index (χ0n) is 18.8. The lowest BCUT2D eigenvalue weighted by Gasteiger charge is -2.19. The van der Waals surface area contributed by atoms with E-state index in [0.717, 1.165) is 12.8 Å². The van der Waals surface area contributed by atoms with E-state index in [4.69, 9.17) is 5.11 Å². The Morgan fingerprint density at radius 1 is 1.12 bits per heavy atom. The van der Waals surface area contributed by atoms with Gasteiger partial charge in [0, 0.05) is 23.7 Å². The van der Waals surface area contributed by atoms with Gasteiger partial charge in [-0.3, -0.25) is 19.3 Å². The van der Waals surface area contributed by atoms with E-state index in [1.807, 2.05) is 6.92 Å². The highest BCUT2D eigenvalue weighted by atomic mass is 32.1. The van der Waals surface area contributed by atoms with Crippen molar-refractivity contribution in [2.24, 2.45) is 0 Å². The van der Waals surface area contributed by atoms with Crippen molar-refractivity contribution in [2.75, 3.05) is 11.4 Å². The summed E-state index contributed by atoms with van der Waals surface area (Å²) in [4.78, 5) is 37.6. The highest BCUT2D eigenvalue weighted by Crippen LogP contribution is 2.30. The lowest BCUT2D eigenvalue weighted by Crippen LogP contribution is -2.34. The third-order valence-corrected chi connectivity index (χ3v) is 5.98. The van der Waals surface area contributed by atoms with Crippen molar-refractivity contribution < 1.29 is 23.9 Å². The SMILES string of the molecule is CCCCN(C(=O)c1ccccc1F)c1nnc(-c2ccc(C(=O)N[C@@H](C)CC(=O)O)cc2)s1. The standard InChI is InChI=1S/C24H25FN4O4S/c1-3-4-13-29(23(33)18-7-5-6-8-19(18)25)24-28-27-22(34-24)17-11-9-16(10-12-17)21(32)26-15(2)14-20(30)31/h5-12,15H,3-4,13-14H2,1-2H3,(H,26,32)(H,30,31)/t15-/m0/s1. The molecule has 1 atom stereocenters. The fraction of sp³-hybridized carbons (Fsp3) is 0.292. The van der Waals surface area contributed by atoms with Crippen LogP contribution in [0.4, 0.5) is 9.52 Å². The highest BCUT2D eigenvalue weighted by Gasteiger charge is 2.24. The molecule has 178 valence electrons. The van der Waals surface area contributed by atoms with Crippen molar-refractivity contribution in [3.8, 4) is 10.6 Å². The number of unbranched alkanes of at least 4 members (excludes halogenated alkanes) is 1. The fourth-order valence-electron chi connectivity index (χ4n) is 3.21. The molecular formula is C24H25FN4O4S. The van der Waals surface area contributed by atoms with Gasteiger partial charge in [0.25, 0.3) is 11.8 Å². The predicted octanol–water partition coefficient (Wildman–Crippen LogP) is 4.38. The number of benzene rings is 2. The number of halogens is 1. The van der Waals surface area contributed by atoms with E-state index in [-0.39, 0.29) is 17.9 Å². The maximum atomic E-state index is 14.2. The van der Waals surface area contributed by atoms with Gasteiger partial charge in [-0.05, 0) is 37.6 Å². The van der Waals surface area contributed by atoms with Gasteiger partial charge >= 0.3 is 5.97 Å². The number of anilines is 1. The average molecular weight is 485 g/mol. The second kappa shape index (κ2) is 11.5. The summed E-state index contributed by atoms with van der Waals surface area (Å²) in [6.07, 6.45) is 1.40. The summed E-state index contributed by atoms with van der Waals surface area (Å²) in [5.41, 5.74) is 1.06. The molecule has 0 bridgehead atoms. The van der Waals surface area contributed by atoms with Crippen LogP contribution < -0.4 is 10.2 Å². The van der Waals surface area contributed by atoms with Gasteiger partial charge in [0.05, 0.1) is 12.0 Å². The monoisotopic (exact) mass is 484 g/mol. The van der Waals surface area contributed by atoms with Crippen molar-refractivity contribution in [1.82, 2.24) is 15.5 Å². The number of nitrogens with one attached hydrogen (secondary N) is 1. The number of carbonyl (C=O) groups excluding carboxylic acids is 2. The maximum absolute atomic E-state index is 14.2. The molecule has 3 aromatic rings. The smallest absolute Gasteiger partial charge is 0.305 e. The van der Waals surface area contributed by atoms with Crippen LogP contribution in [0.15, 0.2) is 48.5 Å². The second-order valence-electron chi connectivity index (χ2n) is 7.73. The Kier molecular flexibility index (Phi) is 8.42. The Morgan fingerprint density at radius 2 is 1.82 bits per heavy atom. The molecule has 0 unspecified atom stereocenters. The van der Waals surface area contributed by atoms with Crippen molar-refractivity contribution in [2.45, 2.75) is 39.2 Å². The third-order valence-electron chi connectivity index (χ3n) is 4.98. The van der Waals surface area contributed by atoms with E-state index >= 15 is 0 Å². The zero-order chi connectivity index (χ0) is 24.7. The van der Waals surface area contributed by atoms with Crippen LogP contribution in [0.3, 0.4) is 0 Å². The quantitative estimate of drug-likeness (QED) is 0.442. The molecule has 34 heavy (non-hydrogen) atoms. The Labute approximate surface area is 200 Å². The molecule has 0 radical (unpaired) electrons. The van der Waals surface area contributed by atoms with Crippen molar-refractivity contribution in [1.29, 1.82) is 0 Å². The number of carboxylic acids is 1. The van der Waals surface area contributed by atoms with Crippen LogP contribution in [0, 0.1) is 5.82 Å². The molecule has 0 aliphatic heterocycles. The zero-order valence-corrected chi connectivity index (χ0v) is 19.6. The van der Waals surface area contributed by atoms with Crippen LogP contribution in [-0.2, 0) is 4.79 Å². The second-order valence-corrected chi connectivity index (χ2v) is 8.69. The van der Waals surface area contributed by atoms with Gasteiger partial charge in [0.2, 0.25) is 5.13 Å². The number of rotatable bonds is 10. The van der Waals surface area contributed by atoms with Gasteiger partial charge < -0.3 is 10.4 Å². The van der Waals surface area contributed by atoms with Gasteiger partial charge in [-0.25, -0.2) is 4.39 Å². The lowest BCUT2D eigenvalue weighted by molar-refractivity contribution is -0.137. The minimum Gasteiger partial charge on any atom is -0.481 e. The molecule has 0 spiro atoms. The van der Waals surface area contributed by atoms with Gasteiger partial charge in [-0.2, -0.15) is 0 Å². The van der Waals surface area contributed by atoms with Crippen LogP contribution in [-0.4, -0.2) is 45.7 Å². The first-order valence-electron chi connectivity index (χ1n) is 10.8. The summed E-state index contributed by atoms with van der Waals surface area (Å²) in [6, 6.07) is 12.0. The Bertz CT molecular complexity index is 1170. The molecule has 2 N–H and O–H groups in total. The lowest BCUT2D eigenvalue weighted by atomic mass is 10.1. The van der Waals surface area contributed by atoms with Crippen molar-refractivity contribution >= 4 is 34.3 Å². The molecule has 0 aliphatic carbocycles. The van der Waals surface area contributed by atoms with E-state index in [1.165, 1.54) is 34.4 Å². The number of hydrogen-bond acceptors (Lipinski definition) is 6. The number of nitrogens with zero attached hydrogens (tertiary/aromatic N) is 3.